The highest BCUT2D eigenvalue weighted by Crippen LogP contribution is 2.35. The van der Waals surface area contributed by atoms with Crippen molar-refractivity contribution in [3.05, 3.63) is 11.1 Å². The monoisotopic (exact) mass is 310 g/mol. The van der Waals surface area contributed by atoms with Gasteiger partial charge in [0.1, 0.15) is 0 Å². The Labute approximate surface area is 129 Å². The number of thioether (sulfide) groups is 1. The number of carbonyl (C=O) groups excluding carboxylic acids is 1. The van der Waals surface area contributed by atoms with Gasteiger partial charge in [-0.2, -0.15) is 0 Å². The van der Waals surface area contributed by atoms with Crippen LogP contribution in [0.4, 0.5) is 0 Å². The smallest absolute Gasteiger partial charge is 0.233 e. The van der Waals surface area contributed by atoms with Crippen molar-refractivity contribution in [3.8, 4) is 0 Å². The Bertz CT molecular complexity index is 472. The summed E-state index contributed by atoms with van der Waals surface area (Å²) in [5.41, 5.74) is 1.05. The predicted molar refractivity (Wildman–Crippen MR) is 84.3 cm³/mol. The molecule has 110 valence electrons. The Morgan fingerprint density at radius 3 is 3.00 bits per heavy atom. The maximum atomic E-state index is 12.5. The van der Waals surface area contributed by atoms with E-state index in [1.54, 1.807) is 23.1 Å². The Morgan fingerprint density at radius 2 is 2.20 bits per heavy atom. The van der Waals surface area contributed by atoms with Gasteiger partial charge in [0, 0.05) is 23.7 Å². The van der Waals surface area contributed by atoms with Crippen LogP contribution < -0.4 is 0 Å². The van der Waals surface area contributed by atoms with E-state index in [0.29, 0.717) is 17.7 Å². The third-order valence-corrected chi connectivity index (χ3v) is 6.60. The fourth-order valence-corrected chi connectivity index (χ4v) is 5.27. The molecular formula is C15H22N2OS2. The summed E-state index contributed by atoms with van der Waals surface area (Å²) >= 11 is 3.24. The molecule has 3 rings (SSSR count). The Hall–Kier alpha value is -0.550. The molecule has 2 atom stereocenters. The van der Waals surface area contributed by atoms with Gasteiger partial charge >= 0.3 is 0 Å². The van der Waals surface area contributed by atoms with Gasteiger partial charge in [0.25, 0.3) is 0 Å². The van der Waals surface area contributed by atoms with Crippen LogP contribution in [0.2, 0.25) is 0 Å². The number of carbonyl (C=O) groups is 1. The van der Waals surface area contributed by atoms with Crippen LogP contribution in [0.15, 0.2) is 9.72 Å². The molecule has 2 fully saturated rings. The number of hydrogen-bond acceptors (Lipinski definition) is 4. The number of likely N-dealkylation sites (tertiary alicyclic amines) is 1. The lowest BCUT2D eigenvalue weighted by Gasteiger charge is -2.44. The molecule has 2 aliphatic rings. The van der Waals surface area contributed by atoms with Crippen molar-refractivity contribution < 1.29 is 4.79 Å². The van der Waals surface area contributed by atoms with Crippen molar-refractivity contribution in [1.29, 1.82) is 0 Å². The Kier molecular flexibility index (Phi) is 4.66. The molecule has 1 aromatic heterocycles. The van der Waals surface area contributed by atoms with Gasteiger partial charge in [-0.05, 0) is 38.5 Å². The minimum Gasteiger partial charge on any atom is -0.339 e. The number of fused-ring (bicyclic) bond motifs is 1. The number of thiazole rings is 1. The molecule has 0 spiro atoms. The van der Waals surface area contributed by atoms with E-state index < -0.39 is 0 Å². The van der Waals surface area contributed by atoms with Crippen LogP contribution in [0.25, 0.3) is 0 Å². The summed E-state index contributed by atoms with van der Waals surface area (Å²) < 4.78 is 1.02. The summed E-state index contributed by atoms with van der Waals surface area (Å²) in [7, 11) is 0. The van der Waals surface area contributed by atoms with Crippen LogP contribution in [0.1, 0.15) is 44.2 Å². The Balaban J connectivity index is 1.58. The zero-order valence-corrected chi connectivity index (χ0v) is 13.6. The highest BCUT2D eigenvalue weighted by atomic mass is 32.2. The number of aryl methyl sites for hydroxylation is 1. The minimum atomic E-state index is 0.319. The zero-order chi connectivity index (χ0) is 13.9. The topological polar surface area (TPSA) is 33.2 Å². The molecular weight excluding hydrogens is 288 g/mol. The highest BCUT2D eigenvalue weighted by molar-refractivity contribution is 8.01. The SMILES string of the molecule is Cc1csc(SCC(=O)N2CCCC3CCCCC32)n1. The molecule has 0 aromatic carbocycles. The number of rotatable bonds is 3. The molecule has 20 heavy (non-hydrogen) atoms. The van der Waals surface area contributed by atoms with Gasteiger partial charge in [-0.15, -0.1) is 11.3 Å². The number of hydrogen-bond donors (Lipinski definition) is 0. The molecule has 1 aliphatic carbocycles. The van der Waals surface area contributed by atoms with Crippen LogP contribution in [-0.2, 0) is 4.79 Å². The predicted octanol–water partition coefficient (Wildman–Crippen LogP) is 3.72. The first-order chi connectivity index (χ1) is 9.74. The van der Waals surface area contributed by atoms with E-state index in [9.17, 15) is 4.79 Å². The molecule has 1 saturated carbocycles. The fourth-order valence-electron chi connectivity index (χ4n) is 3.54. The molecule has 1 aromatic rings. The average Bonchev–Trinajstić information content (AvgIpc) is 2.90. The van der Waals surface area contributed by atoms with Crippen molar-refractivity contribution in [3.63, 3.8) is 0 Å². The van der Waals surface area contributed by atoms with E-state index in [0.717, 1.165) is 22.5 Å². The van der Waals surface area contributed by atoms with Crippen molar-refractivity contribution in [2.24, 2.45) is 5.92 Å². The standard InChI is InChI=1S/C15H22N2OS2/c1-11-9-19-15(16-11)20-10-14(18)17-8-4-6-12-5-2-3-7-13(12)17/h9,12-13H,2-8,10H2,1H3. The maximum Gasteiger partial charge on any atom is 0.233 e. The van der Waals surface area contributed by atoms with Gasteiger partial charge in [0.2, 0.25) is 5.91 Å². The van der Waals surface area contributed by atoms with Crippen molar-refractivity contribution in [2.45, 2.75) is 55.8 Å². The number of amides is 1. The summed E-state index contributed by atoms with van der Waals surface area (Å²) in [6.07, 6.45) is 7.71. The second-order valence-electron chi connectivity index (χ2n) is 5.88. The van der Waals surface area contributed by atoms with Gasteiger partial charge in [0.05, 0.1) is 5.75 Å². The molecule has 2 heterocycles. The average molecular weight is 310 g/mol. The van der Waals surface area contributed by atoms with Gasteiger partial charge in [-0.1, -0.05) is 24.6 Å². The third-order valence-electron chi connectivity index (χ3n) is 4.48. The molecule has 5 heteroatoms. The largest absolute Gasteiger partial charge is 0.339 e. The number of piperidine rings is 1. The lowest BCUT2D eigenvalue weighted by atomic mass is 9.78. The zero-order valence-electron chi connectivity index (χ0n) is 12.0. The first-order valence-electron chi connectivity index (χ1n) is 7.58. The van der Waals surface area contributed by atoms with Gasteiger partial charge in [-0.3, -0.25) is 4.79 Å². The van der Waals surface area contributed by atoms with E-state index >= 15 is 0 Å². The third kappa shape index (κ3) is 3.19. The molecule has 0 radical (unpaired) electrons. The van der Waals surface area contributed by atoms with Crippen LogP contribution >= 0.6 is 23.1 Å². The van der Waals surface area contributed by atoms with Gasteiger partial charge in [0.15, 0.2) is 4.34 Å². The van der Waals surface area contributed by atoms with E-state index in [-0.39, 0.29) is 0 Å². The van der Waals surface area contributed by atoms with Crippen LogP contribution in [0.3, 0.4) is 0 Å². The molecule has 3 nitrogen and oxygen atoms in total. The second kappa shape index (κ2) is 6.48. The van der Waals surface area contributed by atoms with Crippen molar-refractivity contribution >= 4 is 29.0 Å². The summed E-state index contributed by atoms with van der Waals surface area (Å²) in [4.78, 5) is 19.1. The maximum absolute atomic E-state index is 12.5. The Morgan fingerprint density at radius 1 is 1.40 bits per heavy atom. The summed E-state index contributed by atoms with van der Waals surface area (Å²) in [6, 6.07) is 0.531. The molecule has 1 saturated heterocycles. The second-order valence-corrected chi connectivity index (χ2v) is 7.97. The summed E-state index contributed by atoms with van der Waals surface area (Å²) in [5.74, 6) is 1.64. The van der Waals surface area contributed by atoms with Crippen LogP contribution in [0, 0.1) is 12.8 Å². The summed E-state index contributed by atoms with van der Waals surface area (Å²) in [6.45, 7) is 2.97. The molecule has 0 N–H and O–H groups in total. The van der Waals surface area contributed by atoms with E-state index in [1.165, 1.54) is 38.5 Å². The lowest BCUT2D eigenvalue weighted by molar-refractivity contribution is -0.134. The molecule has 1 amide bonds. The van der Waals surface area contributed by atoms with Gasteiger partial charge in [-0.25, -0.2) is 4.98 Å². The van der Waals surface area contributed by atoms with Crippen LogP contribution in [-0.4, -0.2) is 34.1 Å². The lowest BCUT2D eigenvalue weighted by Crippen LogP contribution is -2.50. The first-order valence-corrected chi connectivity index (χ1v) is 9.45. The quantitative estimate of drug-likeness (QED) is 0.798. The molecule has 1 aliphatic heterocycles. The number of aromatic nitrogens is 1. The molecule has 0 bridgehead atoms. The van der Waals surface area contributed by atoms with Gasteiger partial charge < -0.3 is 4.90 Å². The molecule has 2 unspecified atom stereocenters. The normalized spacial score (nSPS) is 26.4. The summed E-state index contributed by atoms with van der Waals surface area (Å²) in [5, 5.41) is 2.05. The van der Waals surface area contributed by atoms with E-state index in [1.807, 2.05) is 12.3 Å². The van der Waals surface area contributed by atoms with E-state index in [2.05, 4.69) is 9.88 Å². The highest BCUT2D eigenvalue weighted by Gasteiger charge is 2.35. The van der Waals surface area contributed by atoms with Crippen molar-refractivity contribution in [1.82, 2.24) is 9.88 Å². The van der Waals surface area contributed by atoms with Crippen molar-refractivity contribution in [2.75, 3.05) is 12.3 Å². The number of nitrogens with zero attached hydrogens (tertiary/aromatic N) is 2. The fraction of sp³-hybridized carbons (Fsp3) is 0.733. The first kappa shape index (κ1) is 14.4. The van der Waals surface area contributed by atoms with E-state index in [4.69, 9.17) is 0 Å². The minimum absolute atomic E-state index is 0.319. The van der Waals surface area contributed by atoms with Crippen LogP contribution in [0.5, 0.6) is 0 Å².